The Morgan fingerprint density at radius 3 is 2.61 bits per heavy atom. The minimum Gasteiger partial charge on any atom is -0.497 e. The third-order valence-corrected chi connectivity index (χ3v) is 7.15. The molecule has 174 valence electrons. The van der Waals surface area contributed by atoms with Crippen molar-refractivity contribution >= 4 is 29.9 Å². The van der Waals surface area contributed by atoms with E-state index in [1.165, 1.54) is 57.1 Å². The van der Waals surface area contributed by atoms with Crippen LogP contribution < -0.4 is 15.4 Å². The van der Waals surface area contributed by atoms with E-state index in [9.17, 15) is 0 Å². The van der Waals surface area contributed by atoms with Gasteiger partial charge in [0, 0.05) is 38.8 Å². The van der Waals surface area contributed by atoms with Crippen molar-refractivity contribution < 1.29 is 4.74 Å². The highest BCUT2D eigenvalue weighted by Gasteiger charge is 2.30. The van der Waals surface area contributed by atoms with Gasteiger partial charge in [0.1, 0.15) is 5.75 Å². The Morgan fingerprint density at radius 1 is 1.13 bits per heavy atom. The first-order valence-electron chi connectivity index (χ1n) is 11.9. The zero-order chi connectivity index (χ0) is 20.8. The number of nitrogens with zero attached hydrogens (tertiary/aromatic N) is 3. The van der Waals surface area contributed by atoms with Crippen LogP contribution in [0.4, 0.5) is 0 Å². The Hall–Kier alpha value is -1.06. The lowest BCUT2D eigenvalue weighted by Gasteiger charge is -2.29. The molecule has 1 aliphatic carbocycles. The van der Waals surface area contributed by atoms with Gasteiger partial charge in [-0.15, -0.1) is 24.0 Å². The van der Waals surface area contributed by atoms with E-state index in [2.05, 4.69) is 43.6 Å². The van der Waals surface area contributed by atoms with Gasteiger partial charge in [0.15, 0.2) is 5.96 Å². The zero-order valence-corrected chi connectivity index (χ0v) is 21.5. The van der Waals surface area contributed by atoms with Crippen LogP contribution in [0.15, 0.2) is 29.3 Å². The fraction of sp³-hybridized carbons (Fsp3) is 0.708. The molecule has 7 heteroatoms. The molecule has 0 amide bonds. The summed E-state index contributed by atoms with van der Waals surface area (Å²) in [6.07, 6.45) is 9.37. The lowest BCUT2D eigenvalue weighted by atomic mass is 10.1. The number of ether oxygens (including phenoxy) is 1. The predicted molar refractivity (Wildman–Crippen MR) is 139 cm³/mol. The number of likely N-dealkylation sites (tertiary alicyclic amines) is 2. The molecule has 2 N–H and O–H groups in total. The van der Waals surface area contributed by atoms with Gasteiger partial charge in [-0.25, -0.2) is 0 Å². The summed E-state index contributed by atoms with van der Waals surface area (Å²) in [5, 5.41) is 7.32. The summed E-state index contributed by atoms with van der Waals surface area (Å²) >= 11 is 0. The molecule has 0 bridgehead atoms. The second-order valence-electron chi connectivity index (χ2n) is 9.05. The molecule has 2 unspecified atom stereocenters. The van der Waals surface area contributed by atoms with Gasteiger partial charge in [-0.3, -0.25) is 14.8 Å². The molecular weight excluding hydrogens is 501 g/mol. The molecule has 3 fully saturated rings. The highest BCUT2D eigenvalue weighted by Crippen LogP contribution is 2.28. The third kappa shape index (κ3) is 6.48. The average molecular weight is 542 g/mol. The smallest absolute Gasteiger partial charge is 0.191 e. The van der Waals surface area contributed by atoms with Gasteiger partial charge in [-0.05, 0) is 62.9 Å². The van der Waals surface area contributed by atoms with E-state index in [4.69, 9.17) is 4.74 Å². The number of nitrogens with one attached hydrogen (secondary N) is 2. The minimum absolute atomic E-state index is 0. The summed E-state index contributed by atoms with van der Waals surface area (Å²) in [7, 11) is 3.62. The number of rotatable bonds is 7. The molecule has 31 heavy (non-hydrogen) atoms. The fourth-order valence-corrected chi connectivity index (χ4v) is 5.45. The number of aliphatic imine (C=N–C) groups is 1. The van der Waals surface area contributed by atoms with E-state index in [0.717, 1.165) is 43.9 Å². The van der Waals surface area contributed by atoms with Crippen molar-refractivity contribution in [3.05, 3.63) is 29.8 Å². The lowest BCUT2D eigenvalue weighted by Crippen LogP contribution is -2.47. The van der Waals surface area contributed by atoms with Crippen molar-refractivity contribution in [2.75, 3.05) is 46.9 Å². The van der Waals surface area contributed by atoms with E-state index in [1.54, 1.807) is 7.11 Å². The summed E-state index contributed by atoms with van der Waals surface area (Å²) in [6.45, 7) is 5.55. The predicted octanol–water partition coefficient (Wildman–Crippen LogP) is 3.63. The van der Waals surface area contributed by atoms with Gasteiger partial charge >= 0.3 is 0 Å². The highest BCUT2D eigenvalue weighted by molar-refractivity contribution is 14.0. The first-order chi connectivity index (χ1) is 14.8. The summed E-state index contributed by atoms with van der Waals surface area (Å²) < 4.78 is 5.48. The van der Waals surface area contributed by atoms with Crippen LogP contribution in [0, 0.1) is 0 Å². The lowest BCUT2D eigenvalue weighted by molar-refractivity contribution is 0.240. The number of guanidine groups is 1. The highest BCUT2D eigenvalue weighted by atomic mass is 127. The van der Waals surface area contributed by atoms with Gasteiger partial charge in [-0.1, -0.05) is 25.0 Å². The maximum atomic E-state index is 5.48. The van der Waals surface area contributed by atoms with Crippen LogP contribution in [0.1, 0.15) is 56.6 Å². The average Bonchev–Trinajstić information content (AvgIpc) is 3.55. The van der Waals surface area contributed by atoms with E-state index in [-0.39, 0.29) is 24.0 Å². The summed E-state index contributed by atoms with van der Waals surface area (Å²) in [5.41, 5.74) is 1.31. The van der Waals surface area contributed by atoms with Crippen molar-refractivity contribution in [3.63, 3.8) is 0 Å². The molecule has 2 heterocycles. The quantitative estimate of drug-likeness (QED) is 0.314. The molecule has 0 radical (unpaired) electrons. The van der Waals surface area contributed by atoms with E-state index >= 15 is 0 Å². The van der Waals surface area contributed by atoms with Crippen LogP contribution in [-0.4, -0.2) is 74.7 Å². The number of halogens is 1. The molecule has 2 atom stereocenters. The molecule has 2 saturated heterocycles. The molecule has 0 aromatic heterocycles. The molecule has 1 saturated carbocycles. The molecule has 2 aliphatic heterocycles. The van der Waals surface area contributed by atoms with Crippen molar-refractivity contribution in [2.24, 2.45) is 4.99 Å². The molecule has 0 spiro atoms. The maximum absolute atomic E-state index is 5.48. The number of methoxy groups -OCH3 is 1. The maximum Gasteiger partial charge on any atom is 0.191 e. The first-order valence-corrected chi connectivity index (χ1v) is 11.9. The minimum atomic E-state index is 0. The second-order valence-corrected chi connectivity index (χ2v) is 9.05. The SMILES string of the molecule is CN=C(NCC(c1cccc(OC)c1)N1CCCC1)NC1CCN(C2CCCC2)C1.I. The van der Waals surface area contributed by atoms with Gasteiger partial charge in [-0.2, -0.15) is 0 Å². The van der Waals surface area contributed by atoms with Crippen LogP contribution in [0.3, 0.4) is 0 Å². The molecule has 1 aromatic carbocycles. The molecule has 4 rings (SSSR count). The third-order valence-electron chi connectivity index (χ3n) is 7.15. The number of hydrogen-bond acceptors (Lipinski definition) is 4. The second kappa shape index (κ2) is 12.3. The Labute approximate surface area is 205 Å². The van der Waals surface area contributed by atoms with Crippen molar-refractivity contribution in [1.82, 2.24) is 20.4 Å². The van der Waals surface area contributed by atoms with Crippen molar-refractivity contribution in [2.45, 2.75) is 63.1 Å². The molecule has 6 nitrogen and oxygen atoms in total. The van der Waals surface area contributed by atoms with Gasteiger partial charge in [0.25, 0.3) is 0 Å². The summed E-state index contributed by atoms with van der Waals surface area (Å²) in [6, 6.07) is 10.2. The van der Waals surface area contributed by atoms with Gasteiger partial charge in [0.2, 0.25) is 0 Å². The zero-order valence-electron chi connectivity index (χ0n) is 19.2. The Bertz CT molecular complexity index is 703. The van der Waals surface area contributed by atoms with Crippen molar-refractivity contribution in [1.29, 1.82) is 0 Å². The Balaban J connectivity index is 0.00000272. The normalized spacial score (nSPS) is 24.2. The Morgan fingerprint density at radius 2 is 1.90 bits per heavy atom. The molecule has 3 aliphatic rings. The number of benzene rings is 1. The van der Waals surface area contributed by atoms with E-state index < -0.39 is 0 Å². The number of hydrogen-bond donors (Lipinski definition) is 2. The van der Waals surface area contributed by atoms with Gasteiger partial charge in [0.05, 0.1) is 13.2 Å². The van der Waals surface area contributed by atoms with Crippen LogP contribution in [-0.2, 0) is 0 Å². The largest absolute Gasteiger partial charge is 0.497 e. The molecule has 1 aromatic rings. The van der Waals surface area contributed by atoms with Crippen LogP contribution in [0.2, 0.25) is 0 Å². The molecular formula is C24H40IN5O. The Kier molecular flexibility index (Phi) is 9.72. The summed E-state index contributed by atoms with van der Waals surface area (Å²) in [4.78, 5) is 9.82. The monoisotopic (exact) mass is 541 g/mol. The van der Waals surface area contributed by atoms with Crippen LogP contribution >= 0.6 is 24.0 Å². The topological polar surface area (TPSA) is 52.1 Å². The van der Waals surface area contributed by atoms with Crippen LogP contribution in [0.25, 0.3) is 0 Å². The van der Waals surface area contributed by atoms with Crippen LogP contribution in [0.5, 0.6) is 5.75 Å². The van der Waals surface area contributed by atoms with E-state index in [1.807, 2.05) is 13.1 Å². The fourth-order valence-electron chi connectivity index (χ4n) is 5.45. The summed E-state index contributed by atoms with van der Waals surface area (Å²) in [5.74, 6) is 1.86. The van der Waals surface area contributed by atoms with Crippen molar-refractivity contribution in [3.8, 4) is 5.75 Å². The van der Waals surface area contributed by atoms with E-state index in [0.29, 0.717) is 12.1 Å². The first kappa shape index (κ1) is 24.6. The van der Waals surface area contributed by atoms with Gasteiger partial charge < -0.3 is 15.4 Å². The standard InChI is InChI=1S/C24H39N5O.HI/c1-25-24(27-20-12-15-29(18-20)21-9-3-4-10-21)26-17-23(28-13-5-6-14-28)19-8-7-11-22(16-19)30-2;/h7-8,11,16,20-21,23H,3-6,9-10,12-15,17-18H2,1-2H3,(H2,25,26,27);1H.